The lowest BCUT2D eigenvalue weighted by Crippen LogP contribution is -2.13. The first-order valence-corrected chi connectivity index (χ1v) is 3.87. The fourth-order valence-electron chi connectivity index (χ4n) is 0.358. The van der Waals surface area contributed by atoms with Crippen LogP contribution >= 0.6 is 8.03 Å². The second-order valence-corrected chi connectivity index (χ2v) is 2.89. The predicted molar refractivity (Wildman–Crippen MR) is 36.7 cm³/mol. The highest BCUT2D eigenvalue weighted by molar-refractivity contribution is 7.62. The Kier molecular flexibility index (Phi) is 4.38. The Hall–Kier alpha value is -0.960. The van der Waals surface area contributed by atoms with Crippen molar-refractivity contribution in [3.63, 3.8) is 0 Å². The summed E-state index contributed by atoms with van der Waals surface area (Å²) in [5.74, 6) is -0.960. The van der Waals surface area contributed by atoms with Crippen molar-refractivity contribution in [2.75, 3.05) is 14.2 Å². The van der Waals surface area contributed by atoms with Gasteiger partial charge in [0.15, 0.2) is 0 Å². The maximum absolute atomic E-state index is 10.7. The predicted octanol–water partition coefficient (Wildman–Crippen LogP) is -0.0912. The molecular weight excluding hydrogens is 171 g/mol. The molecule has 62 valence electrons. The molecule has 11 heavy (non-hydrogen) atoms. The van der Waals surface area contributed by atoms with E-state index >= 15 is 0 Å². The summed E-state index contributed by atoms with van der Waals surface area (Å²) in [7, 11) is -0.538. The number of esters is 1. The fourth-order valence-corrected chi connectivity index (χ4v) is 0.902. The molecule has 6 nitrogen and oxygen atoms in total. The van der Waals surface area contributed by atoms with E-state index < -0.39 is 19.5 Å². The normalized spacial score (nSPS) is 11.5. The second kappa shape index (κ2) is 4.79. The van der Waals surface area contributed by atoms with Gasteiger partial charge < -0.3 is 14.8 Å². The molecule has 1 atom stereocenters. The molecule has 0 aliphatic rings. The lowest BCUT2D eigenvalue weighted by molar-refractivity contribution is -0.136. The molecule has 0 amide bonds. The quantitative estimate of drug-likeness (QED) is 0.198. The Morgan fingerprint density at radius 2 is 2.09 bits per heavy atom. The molecule has 0 aliphatic heterocycles. The van der Waals surface area contributed by atoms with Crippen molar-refractivity contribution in [1.29, 1.82) is 0 Å². The van der Waals surface area contributed by atoms with E-state index in [1.807, 2.05) is 0 Å². The lowest BCUT2D eigenvalue weighted by Gasteiger charge is -1.91. The lowest BCUT2D eigenvalue weighted by atomic mass is 10.7. The minimum absolute atomic E-state index is 0.597. The summed E-state index contributed by atoms with van der Waals surface area (Å²) in [6, 6.07) is 0. The van der Waals surface area contributed by atoms with Crippen molar-refractivity contribution in [3.05, 3.63) is 5.53 Å². The Morgan fingerprint density at radius 3 is 2.36 bits per heavy atom. The van der Waals surface area contributed by atoms with Gasteiger partial charge in [-0.05, 0) is 0 Å². The van der Waals surface area contributed by atoms with Gasteiger partial charge in [-0.1, -0.05) is 0 Å². The molecule has 7 heteroatoms. The monoisotopic (exact) mass is 178 g/mol. The fraction of sp³-hybridized carbons (Fsp3) is 0.500. The van der Waals surface area contributed by atoms with E-state index in [1.54, 1.807) is 0 Å². The third-order valence-electron chi connectivity index (χ3n) is 0.857. The molecule has 0 aromatic carbocycles. The minimum atomic E-state index is -2.75. The van der Waals surface area contributed by atoms with Crippen LogP contribution in [0.4, 0.5) is 0 Å². The number of methoxy groups -OCH3 is 1. The van der Waals surface area contributed by atoms with Gasteiger partial charge >= 0.3 is 19.5 Å². The third-order valence-corrected chi connectivity index (χ3v) is 1.92. The highest BCUT2D eigenvalue weighted by Gasteiger charge is 2.28. The van der Waals surface area contributed by atoms with Crippen LogP contribution in [0.2, 0.25) is 0 Å². The first-order valence-electron chi connectivity index (χ1n) is 2.56. The topological polar surface area (TPSA) is 89.0 Å². The molecular formula is C4H7N2O4P. The molecule has 0 saturated heterocycles. The second-order valence-electron chi connectivity index (χ2n) is 1.43. The molecule has 0 bridgehead atoms. The average molecular weight is 178 g/mol. The van der Waals surface area contributed by atoms with E-state index in [9.17, 15) is 9.36 Å². The molecule has 0 aromatic rings. The maximum Gasteiger partial charge on any atom is 0.453 e. The Labute approximate surface area is 63.6 Å². The van der Waals surface area contributed by atoms with Crippen molar-refractivity contribution in [2.24, 2.45) is 0 Å². The molecule has 0 aliphatic carbocycles. The number of nitrogens with zero attached hydrogens (tertiary/aromatic N) is 2. The molecule has 1 unspecified atom stereocenters. The van der Waals surface area contributed by atoms with Gasteiger partial charge in [0.2, 0.25) is 0 Å². The number of carbonyl (C=O) groups is 1. The van der Waals surface area contributed by atoms with Crippen molar-refractivity contribution >= 4 is 19.5 Å². The van der Waals surface area contributed by atoms with Crippen LogP contribution in [0.1, 0.15) is 0 Å². The van der Waals surface area contributed by atoms with Crippen LogP contribution in [0, 0.1) is 0 Å². The summed E-state index contributed by atoms with van der Waals surface area (Å²) >= 11 is 0. The first-order chi connectivity index (χ1) is 5.17. The highest BCUT2D eigenvalue weighted by Crippen LogP contribution is 2.21. The van der Waals surface area contributed by atoms with Crippen molar-refractivity contribution in [3.8, 4) is 0 Å². The largest absolute Gasteiger partial charge is 0.460 e. The molecule has 0 fully saturated rings. The van der Waals surface area contributed by atoms with Gasteiger partial charge in [0.05, 0.1) is 7.11 Å². The van der Waals surface area contributed by atoms with E-state index in [2.05, 4.69) is 14.1 Å². The Bertz CT molecular complexity index is 214. The number of rotatable bonds is 3. The van der Waals surface area contributed by atoms with Gasteiger partial charge in [0.25, 0.3) is 0 Å². The van der Waals surface area contributed by atoms with Gasteiger partial charge in [0, 0.05) is 7.11 Å². The van der Waals surface area contributed by atoms with E-state index in [0.29, 0.717) is 0 Å². The van der Waals surface area contributed by atoms with E-state index in [4.69, 9.17) is 5.53 Å². The van der Waals surface area contributed by atoms with E-state index in [-0.39, 0.29) is 0 Å². The van der Waals surface area contributed by atoms with Crippen LogP contribution in [0.5, 0.6) is 0 Å². The molecule has 0 N–H and O–H groups in total. The molecule has 0 aromatic heterocycles. The van der Waals surface area contributed by atoms with E-state index in [1.165, 1.54) is 0 Å². The summed E-state index contributed by atoms with van der Waals surface area (Å²) in [4.78, 5) is 13.1. The van der Waals surface area contributed by atoms with Crippen molar-refractivity contribution in [2.45, 2.75) is 0 Å². The average Bonchev–Trinajstić information content (AvgIpc) is 2.05. The zero-order valence-electron chi connectivity index (χ0n) is 6.03. The van der Waals surface area contributed by atoms with Crippen LogP contribution in [0.25, 0.3) is 5.53 Å². The van der Waals surface area contributed by atoms with Crippen molar-refractivity contribution < 1.29 is 23.4 Å². The van der Waals surface area contributed by atoms with Crippen molar-refractivity contribution in [1.82, 2.24) is 0 Å². The smallest absolute Gasteiger partial charge is 0.453 e. The Morgan fingerprint density at radius 1 is 1.55 bits per heavy atom. The summed E-state index contributed by atoms with van der Waals surface area (Å²) in [5.41, 5.74) is 7.56. The molecule has 0 radical (unpaired) electrons. The number of ether oxygens (including phenoxy) is 1. The van der Waals surface area contributed by atoms with Gasteiger partial charge in [-0.15, -0.1) is 0 Å². The van der Waals surface area contributed by atoms with Gasteiger partial charge in [-0.25, -0.2) is 4.79 Å². The van der Waals surface area contributed by atoms with Gasteiger partial charge in [0.1, 0.15) is 0 Å². The maximum atomic E-state index is 10.7. The van der Waals surface area contributed by atoms with Crippen LogP contribution in [-0.4, -0.2) is 30.4 Å². The number of hydrogen-bond acceptors (Lipinski definition) is 4. The Balaban J connectivity index is 4.57. The zero-order valence-corrected chi connectivity index (χ0v) is 7.03. The van der Waals surface area contributed by atoms with Crippen LogP contribution in [-0.2, 0) is 18.6 Å². The van der Waals surface area contributed by atoms with Gasteiger partial charge in [-0.3, -0.25) is 4.57 Å². The molecule has 0 rings (SSSR count). The molecule has 0 heterocycles. The molecule has 0 spiro atoms. The first kappa shape index (κ1) is 10.0. The standard InChI is InChI=1S/C4H7N2O4P/c1-9-4(7)3(6-5)11(8)10-2/h11H,1-2H3. The summed E-state index contributed by atoms with van der Waals surface area (Å²) in [6.45, 7) is 0. The van der Waals surface area contributed by atoms with Gasteiger partial charge in [-0.2, -0.15) is 4.79 Å². The SMILES string of the molecule is COC(=O)C(=[N+]=[N-])[PH](=O)OC. The number of hydrogen-bond donors (Lipinski definition) is 0. The summed E-state index contributed by atoms with van der Waals surface area (Å²) in [5, 5.41) is 0. The summed E-state index contributed by atoms with van der Waals surface area (Å²) in [6.07, 6.45) is 0. The summed E-state index contributed by atoms with van der Waals surface area (Å²) < 4.78 is 19.1. The zero-order chi connectivity index (χ0) is 8.85. The van der Waals surface area contributed by atoms with Crippen LogP contribution < -0.4 is 0 Å². The number of carbonyl (C=O) groups excluding carboxylic acids is 1. The minimum Gasteiger partial charge on any atom is -0.460 e. The third kappa shape index (κ3) is 2.63. The van der Waals surface area contributed by atoms with E-state index in [0.717, 1.165) is 14.2 Å². The highest BCUT2D eigenvalue weighted by atomic mass is 31.1. The van der Waals surface area contributed by atoms with Crippen LogP contribution in [0.3, 0.4) is 0 Å². The molecule has 0 saturated carbocycles. The van der Waals surface area contributed by atoms with Crippen LogP contribution in [0.15, 0.2) is 0 Å².